The van der Waals surface area contributed by atoms with E-state index in [9.17, 15) is 0 Å². The van der Waals surface area contributed by atoms with E-state index in [0.29, 0.717) is 0 Å². The molecule has 0 bridgehead atoms. The first-order chi connectivity index (χ1) is 54.5. The summed E-state index contributed by atoms with van der Waals surface area (Å²) in [4.78, 5) is 0. The van der Waals surface area contributed by atoms with E-state index in [1.807, 2.05) is 0 Å². The highest BCUT2D eigenvalue weighted by molar-refractivity contribution is 7.02. The van der Waals surface area contributed by atoms with E-state index in [-0.39, 0.29) is 13.4 Å². The zero-order valence-corrected chi connectivity index (χ0v) is 63.3. The Morgan fingerprint density at radius 2 is 0.396 bits per heavy atom. The van der Waals surface area contributed by atoms with E-state index in [1.165, 1.54) is 205 Å². The molecule has 0 atom stereocenters. The molecule has 20 rings (SSSR count). The maximum absolute atomic E-state index is 2.79. The molecular formula is C108H79B2N. The van der Waals surface area contributed by atoms with Gasteiger partial charge in [0.05, 0.1) is 0 Å². The van der Waals surface area contributed by atoms with Gasteiger partial charge in [-0.15, -0.1) is 0 Å². The molecule has 3 heteroatoms. The number of hydrogen-bond acceptors (Lipinski definition) is 0. The molecule has 3 heterocycles. The molecule has 0 amide bonds. The Kier molecular flexibility index (Phi) is 16.6. The third-order valence-corrected chi connectivity index (χ3v) is 23.8. The van der Waals surface area contributed by atoms with Crippen molar-refractivity contribution in [2.75, 3.05) is 0 Å². The minimum Gasteiger partial charge on any atom is -0.311 e. The van der Waals surface area contributed by atoms with Gasteiger partial charge in [-0.25, -0.2) is 0 Å². The average molecular weight is 1410 g/mol. The molecule has 2 aliphatic rings. The lowest BCUT2D eigenvalue weighted by molar-refractivity contribution is 1.20. The van der Waals surface area contributed by atoms with Crippen LogP contribution in [-0.2, 0) is 0 Å². The van der Waals surface area contributed by atoms with Crippen LogP contribution >= 0.6 is 0 Å². The van der Waals surface area contributed by atoms with E-state index in [2.05, 4.69) is 416 Å². The molecule has 0 N–H and O–H groups in total. The summed E-state index contributed by atoms with van der Waals surface area (Å²) >= 11 is 0. The fourth-order valence-electron chi connectivity index (χ4n) is 19.4. The summed E-state index contributed by atoms with van der Waals surface area (Å²) in [6.07, 6.45) is 0. The van der Waals surface area contributed by atoms with Crippen molar-refractivity contribution in [1.82, 2.24) is 4.57 Å². The van der Waals surface area contributed by atoms with E-state index in [4.69, 9.17) is 0 Å². The van der Waals surface area contributed by atoms with Gasteiger partial charge in [-0.05, 0) is 245 Å². The summed E-state index contributed by atoms with van der Waals surface area (Å²) in [5.74, 6) is 0. The van der Waals surface area contributed by atoms with Crippen LogP contribution in [0.4, 0.5) is 0 Å². The number of rotatable bonds is 14. The van der Waals surface area contributed by atoms with Gasteiger partial charge in [0.25, 0.3) is 0 Å². The van der Waals surface area contributed by atoms with E-state index >= 15 is 0 Å². The predicted octanol–water partition coefficient (Wildman–Crippen LogP) is 24.3. The van der Waals surface area contributed by atoms with Gasteiger partial charge < -0.3 is 4.57 Å². The second-order valence-corrected chi connectivity index (χ2v) is 30.9. The highest BCUT2D eigenvalue weighted by Crippen LogP contribution is 2.51. The molecule has 0 saturated heterocycles. The standard InChI is InChI=1S/C108H79B2N/c1-68-52-70(3)104(71(4)53-68)109-97-64-86(101-89(77-40-22-10-23-41-77)56-83(74-34-16-7-17-35-74)57-90(101)78-42-24-11-25-43-78)62-95-96-63-87(102-91(79-44-26-12-27-45-79)58-84(75-36-18-8-19-37-75)59-92(102)80-46-28-13-29-47-80)65-98-107(96)111(106(95)97)108-99(109)66-88(67-100(108)110(98)105-72(5)54-69(2)55-73(105)6)103-93(81-48-30-14-31-49-81)60-85(76-38-20-9-21-39-76)61-94(103)82-50-32-15-33-51-82/h7-67H,1-6H3. The molecule has 0 fully saturated rings. The second-order valence-electron chi connectivity index (χ2n) is 30.9. The third-order valence-electron chi connectivity index (χ3n) is 23.8. The number of nitrogens with zero attached hydrogens (tertiary/aromatic N) is 1. The molecular weight excluding hydrogens is 1330 g/mol. The van der Waals surface area contributed by atoms with Crippen molar-refractivity contribution in [2.24, 2.45) is 0 Å². The lowest BCUT2D eigenvalue weighted by atomic mass is 9.30. The fourth-order valence-corrected chi connectivity index (χ4v) is 19.4. The number of fused-ring (bicyclic) bond motifs is 1. The summed E-state index contributed by atoms with van der Waals surface area (Å²) in [7, 11) is 0. The monoisotopic (exact) mass is 1410 g/mol. The number of benzene rings is 17. The van der Waals surface area contributed by atoms with Crippen LogP contribution in [0.15, 0.2) is 370 Å². The summed E-state index contributed by atoms with van der Waals surface area (Å²) in [6, 6.07) is 141. The van der Waals surface area contributed by atoms with Crippen LogP contribution in [0.2, 0.25) is 0 Å². The quantitative estimate of drug-likeness (QED) is 0.0957. The first-order valence-electron chi connectivity index (χ1n) is 39.1. The molecule has 2 aliphatic heterocycles. The van der Waals surface area contributed by atoms with Gasteiger partial charge in [0.1, 0.15) is 0 Å². The molecule has 0 radical (unpaired) electrons. The molecule has 17 aromatic carbocycles. The van der Waals surface area contributed by atoms with Crippen LogP contribution in [0.1, 0.15) is 33.4 Å². The van der Waals surface area contributed by atoms with Crippen LogP contribution in [-0.4, -0.2) is 18.0 Å². The Morgan fingerprint density at radius 3 is 0.631 bits per heavy atom. The highest BCUT2D eigenvalue weighted by Gasteiger charge is 2.45. The van der Waals surface area contributed by atoms with Crippen molar-refractivity contribution in [1.29, 1.82) is 0 Å². The van der Waals surface area contributed by atoms with Gasteiger partial charge in [0.15, 0.2) is 0 Å². The average Bonchev–Trinajstić information content (AvgIpc) is 1.54. The molecule has 0 aliphatic carbocycles. The van der Waals surface area contributed by atoms with Crippen molar-refractivity contribution in [3.05, 3.63) is 403 Å². The van der Waals surface area contributed by atoms with E-state index in [0.717, 1.165) is 22.3 Å². The molecule has 522 valence electrons. The van der Waals surface area contributed by atoms with Crippen LogP contribution in [0, 0.1) is 41.5 Å². The number of aromatic nitrogens is 1. The lowest BCUT2D eigenvalue weighted by Crippen LogP contribution is -2.64. The number of hydrogen-bond donors (Lipinski definition) is 0. The fraction of sp³-hybridized carbons (Fsp3) is 0.0556. The van der Waals surface area contributed by atoms with Crippen LogP contribution < -0.4 is 32.8 Å². The lowest BCUT2D eigenvalue weighted by Gasteiger charge is -2.37. The zero-order valence-electron chi connectivity index (χ0n) is 63.3. The first-order valence-corrected chi connectivity index (χ1v) is 39.1. The Hall–Kier alpha value is -13.3. The summed E-state index contributed by atoms with van der Waals surface area (Å²) in [5, 5.41) is 2.46. The SMILES string of the molecule is Cc1cc(C)c(B2c3cc(-c4c(-c5ccccc5)cc(-c5ccccc5)cc4-c4ccccc4)cc4c3-n3c5c2cc(-c2c(-c6ccccc6)cc(-c6ccccc6)cc2-c2ccccc2)cc5c2cc(-c5c(-c6ccccc6)cc(-c6ccccc6)cc5-c5ccccc5)cc(c23)B4c2c(C)cc(C)cc2C)c(C)c1. The van der Waals surface area contributed by atoms with Gasteiger partial charge >= 0.3 is 0 Å². The first kappa shape index (κ1) is 67.1. The Bertz CT molecular complexity index is 6140. The molecule has 111 heavy (non-hydrogen) atoms. The molecule has 0 spiro atoms. The Labute approximate surface area is 652 Å². The van der Waals surface area contributed by atoms with E-state index < -0.39 is 0 Å². The minimum absolute atomic E-state index is 0.242. The molecule has 1 nitrogen and oxygen atoms in total. The van der Waals surface area contributed by atoms with Gasteiger partial charge in [-0.1, -0.05) is 366 Å². The second kappa shape index (κ2) is 27.4. The summed E-state index contributed by atoms with van der Waals surface area (Å²) < 4.78 is 2.79. The van der Waals surface area contributed by atoms with Gasteiger partial charge in [-0.2, -0.15) is 0 Å². The smallest absolute Gasteiger partial charge is 0.247 e. The molecule has 1 aromatic heterocycles. The summed E-state index contributed by atoms with van der Waals surface area (Å²) in [6.45, 7) is 13.6. The van der Waals surface area contributed by atoms with Crippen molar-refractivity contribution in [3.8, 4) is 139 Å². The predicted molar refractivity (Wildman–Crippen MR) is 477 cm³/mol. The van der Waals surface area contributed by atoms with Gasteiger partial charge in [0, 0.05) is 27.5 Å². The van der Waals surface area contributed by atoms with Crippen molar-refractivity contribution < 1.29 is 0 Å². The highest BCUT2D eigenvalue weighted by atomic mass is 15.0. The van der Waals surface area contributed by atoms with E-state index in [1.54, 1.807) is 0 Å². The topological polar surface area (TPSA) is 4.93 Å². The van der Waals surface area contributed by atoms with Crippen LogP contribution in [0.5, 0.6) is 0 Å². The van der Waals surface area contributed by atoms with Crippen LogP contribution in [0.25, 0.3) is 161 Å². The van der Waals surface area contributed by atoms with Gasteiger partial charge in [0.2, 0.25) is 13.4 Å². The van der Waals surface area contributed by atoms with Crippen LogP contribution in [0.3, 0.4) is 0 Å². The van der Waals surface area contributed by atoms with Crippen molar-refractivity contribution in [3.63, 3.8) is 0 Å². The Morgan fingerprint density at radius 1 is 0.189 bits per heavy atom. The molecule has 0 unspecified atom stereocenters. The minimum atomic E-state index is -0.242. The maximum atomic E-state index is 2.79. The van der Waals surface area contributed by atoms with Crippen molar-refractivity contribution >= 4 is 68.0 Å². The summed E-state index contributed by atoms with van der Waals surface area (Å²) in [5.41, 5.74) is 47.6. The van der Waals surface area contributed by atoms with Gasteiger partial charge in [-0.3, -0.25) is 0 Å². The molecule has 0 saturated carbocycles. The van der Waals surface area contributed by atoms with Crippen molar-refractivity contribution in [2.45, 2.75) is 41.5 Å². The Balaban J connectivity index is 1.01. The number of aryl methyl sites for hydroxylation is 6. The largest absolute Gasteiger partial charge is 0.311 e. The normalized spacial score (nSPS) is 12.0. The maximum Gasteiger partial charge on any atom is 0.247 e. The third kappa shape index (κ3) is 11.5. The zero-order chi connectivity index (χ0) is 74.5. The molecule has 18 aromatic rings.